The summed E-state index contributed by atoms with van der Waals surface area (Å²) < 4.78 is 2.46. The number of anilines is 3. The minimum Gasteiger partial charge on any atom is -0.310 e. The Balaban J connectivity index is 0.933. The molecule has 1 heterocycles. The van der Waals surface area contributed by atoms with Gasteiger partial charge in [0.25, 0.3) is 0 Å². The van der Waals surface area contributed by atoms with Crippen LogP contribution in [-0.2, 0) is 5.41 Å². The molecular weight excluding hydrogens is 809 g/mol. The maximum atomic E-state index is 2.46. The lowest BCUT2D eigenvalue weighted by atomic mass is 9.82. The molecule has 316 valence electrons. The minimum absolute atomic E-state index is 0.123. The van der Waals surface area contributed by atoms with Crippen molar-refractivity contribution in [2.75, 3.05) is 4.90 Å². The molecule has 0 unspecified atom stereocenters. The van der Waals surface area contributed by atoms with Crippen LogP contribution in [0.3, 0.4) is 0 Å². The summed E-state index contributed by atoms with van der Waals surface area (Å²) in [7, 11) is 0. The first-order chi connectivity index (χ1) is 33.0. The van der Waals surface area contributed by atoms with Crippen molar-refractivity contribution in [1.29, 1.82) is 0 Å². The lowest BCUT2D eigenvalue weighted by Crippen LogP contribution is -2.16. The molecule has 0 spiro atoms. The fourth-order valence-electron chi connectivity index (χ4n) is 11.1. The third-order valence-electron chi connectivity index (χ3n) is 14.4. The van der Waals surface area contributed by atoms with E-state index in [0.29, 0.717) is 0 Å². The van der Waals surface area contributed by atoms with Gasteiger partial charge in [-0.2, -0.15) is 0 Å². The standard InChI is InChI=1S/C65H46N2/c1-65(2)59-25-10-7-21-56(59)57-40-39-51(42-60(57)65)66(49-35-31-45(32-36-49)53-23-13-18-44-16-5-6-19-52(44)53)50-37-33-46(34-38-50)54-20-8-11-26-61(54)67-62-27-12-9-22-58(62)64-55(24-14-28-63(64)67)48-30-29-43-15-3-4-17-47(43)41-48/h3-42H,1-2H3. The van der Waals surface area contributed by atoms with E-state index in [-0.39, 0.29) is 5.41 Å². The first kappa shape index (κ1) is 39.0. The maximum absolute atomic E-state index is 2.46. The van der Waals surface area contributed by atoms with Gasteiger partial charge >= 0.3 is 0 Å². The molecule has 1 aliphatic rings. The number of aromatic nitrogens is 1. The second kappa shape index (κ2) is 15.3. The molecule has 0 saturated carbocycles. The average Bonchev–Trinajstić information content (AvgIpc) is 3.84. The van der Waals surface area contributed by atoms with Crippen LogP contribution in [0.15, 0.2) is 243 Å². The van der Waals surface area contributed by atoms with Crippen molar-refractivity contribution in [3.05, 3.63) is 254 Å². The Morgan fingerprint density at radius 2 is 0.866 bits per heavy atom. The summed E-state index contributed by atoms with van der Waals surface area (Å²) in [4.78, 5) is 2.42. The molecule has 0 amide bonds. The van der Waals surface area contributed by atoms with Crippen molar-refractivity contribution in [3.63, 3.8) is 0 Å². The second-order valence-corrected chi connectivity index (χ2v) is 18.5. The van der Waals surface area contributed by atoms with Crippen molar-refractivity contribution in [2.45, 2.75) is 19.3 Å². The summed E-state index contributed by atoms with van der Waals surface area (Å²) in [5.41, 5.74) is 19.4. The third-order valence-corrected chi connectivity index (χ3v) is 14.4. The molecule has 0 aliphatic heterocycles. The highest BCUT2D eigenvalue weighted by Gasteiger charge is 2.35. The van der Waals surface area contributed by atoms with Crippen molar-refractivity contribution >= 4 is 60.4 Å². The zero-order valence-corrected chi connectivity index (χ0v) is 37.5. The molecule has 2 heteroatoms. The number of para-hydroxylation sites is 2. The van der Waals surface area contributed by atoms with Crippen LogP contribution in [0.2, 0.25) is 0 Å². The van der Waals surface area contributed by atoms with Crippen LogP contribution in [0, 0.1) is 0 Å². The van der Waals surface area contributed by atoms with Gasteiger partial charge in [0.15, 0.2) is 0 Å². The van der Waals surface area contributed by atoms with Crippen LogP contribution in [0.1, 0.15) is 25.0 Å². The van der Waals surface area contributed by atoms with E-state index in [1.54, 1.807) is 0 Å². The monoisotopic (exact) mass is 854 g/mol. The number of hydrogen-bond donors (Lipinski definition) is 0. The van der Waals surface area contributed by atoms with Gasteiger partial charge in [-0.3, -0.25) is 0 Å². The summed E-state index contributed by atoms with van der Waals surface area (Å²) in [5.74, 6) is 0. The van der Waals surface area contributed by atoms with Gasteiger partial charge in [-0.25, -0.2) is 0 Å². The molecule has 0 fully saturated rings. The summed E-state index contributed by atoms with van der Waals surface area (Å²) >= 11 is 0. The summed E-state index contributed by atoms with van der Waals surface area (Å²) in [6, 6.07) is 89.4. The SMILES string of the molecule is CC1(C)c2ccccc2-c2ccc(N(c3ccc(-c4ccccc4-n4c5ccccc5c5c(-c6ccc7ccccc7c6)cccc54)cc3)c3ccc(-c4cccc5ccccc45)cc3)cc21. The van der Waals surface area contributed by atoms with Crippen molar-refractivity contribution in [2.24, 2.45) is 0 Å². The Kier molecular flexibility index (Phi) is 8.91. The van der Waals surface area contributed by atoms with E-state index in [2.05, 4.69) is 266 Å². The molecular formula is C65H46N2. The summed E-state index contributed by atoms with van der Waals surface area (Å²) in [6.45, 7) is 4.72. The van der Waals surface area contributed by atoms with Gasteiger partial charge in [-0.05, 0) is 132 Å². The molecule has 0 bridgehead atoms. The highest BCUT2D eigenvalue weighted by Crippen LogP contribution is 2.51. The zero-order valence-electron chi connectivity index (χ0n) is 37.5. The van der Waals surface area contributed by atoms with Gasteiger partial charge < -0.3 is 9.47 Å². The Morgan fingerprint density at radius 3 is 1.67 bits per heavy atom. The molecule has 13 rings (SSSR count). The number of fused-ring (bicyclic) bond motifs is 8. The number of rotatable bonds is 7. The van der Waals surface area contributed by atoms with E-state index < -0.39 is 0 Å². The first-order valence-electron chi connectivity index (χ1n) is 23.3. The molecule has 2 nitrogen and oxygen atoms in total. The molecule has 0 saturated heterocycles. The van der Waals surface area contributed by atoms with Gasteiger partial charge in [0.1, 0.15) is 0 Å². The van der Waals surface area contributed by atoms with Gasteiger partial charge in [-0.1, -0.05) is 196 Å². The highest BCUT2D eigenvalue weighted by atomic mass is 15.1. The fourth-order valence-corrected chi connectivity index (χ4v) is 11.1. The van der Waals surface area contributed by atoms with Crippen LogP contribution in [0.25, 0.3) is 93.5 Å². The molecule has 0 radical (unpaired) electrons. The molecule has 1 aromatic heterocycles. The van der Waals surface area contributed by atoms with Gasteiger partial charge in [0.05, 0.1) is 16.7 Å². The van der Waals surface area contributed by atoms with Crippen LogP contribution in [0.4, 0.5) is 17.1 Å². The second-order valence-electron chi connectivity index (χ2n) is 18.5. The van der Waals surface area contributed by atoms with Crippen LogP contribution in [0.5, 0.6) is 0 Å². The Labute approximate surface area is 391 Å². The van der Waals surface area contributed by atoms with E-state index in [4.69, 9.17) is 0 Å². The first-order valence-corrected chi connectivity index (χ1v) is 23.3. The third kappa shape index (κ3) is 6.25. The van der Waals surface area contributed by atoms with Crippen LogP contribution >= 0.6 is 0 Å². The predicted molar refractivity (Wildman–Crippen MR) is 284 cm³/mol. The minimum atomic E-state index is -0.123. The average molecular weight is 855 g/mol. The molecule has 67 heavy (non-hydrogen) atoms. The Bertz CT molecular complexity index is 3880. The topological polar surface area (TPSA) is 8.17 Å². The molecule has 11 aromatic carbocycles. The van der Waals surface area contributed by atoms with Crippen molar-refractivity contribution < 1.29 is 0 Å². The number of hydrogen-bond acceptors (Lipinski definition) is 1. The van der Waals surface area contributed by atoms with E-state index in [9.17, 15) is 0 Å². The normalized spacial score (nSPS) is 12.7. The Hall–Kier alpha value is -8.46. The Morgan fingerprint density at radius 1 is 0.328 bits per heavy atom. The van der Waals surface area contributed by atoms with Crippen molar-refractivity contribution in [3.8, 4) is 50.2 Å². The molecule has 12 aromatic rings. The van der Waals surface area contributed by atoms with Gasteiger partial charge in [0, 0.05) is 38.8 Å². The zero-order chi connectivity index (χ0) is 44.6. The lowest BCUT2D eigenvalue weighted by molar-refractivity contribution is 0.660. The highest BCUT2D eigenvalue weighted by molar-refractivity contribution is 6.16. The van der Waals surface area contributed by atoms with Crippen molar-refractivity contribution in [1.82, 2.24) is 4.57 Å². The van der Waals surface area contributed by atoms with E-state index in [1.165, 1.54) is 93.4 Å². The largest absolute Gasteiger partial charge is 0.310 e. The number of nitrogens with zero attached hydrogens (tertiary/aromatic N) is 2. The smallest absolute Gasteiger partial charge is 0.0547 e. The van der Waals surface area contributed by atoms with Gasteiger partial charge in [0.2, 0.25) is 0 Å². The van der Waals surface area contributed by atoms with E-state index >= 15 is 0 Å². The molecule has 1 aliphatic carbocycles. The predicted octanol–water partition coefficient (Wildman–Crippen LogP) is 17.9. The molecule has 0 atom stereocenters. The quantitative estimate of drug-likeness (QED) is 0.155. The summed E-state index contributed by atoms with van der Waals surface area (Å²) in [6.07, 6.45) is 0. The summed E-state index contributed by atoms with van der Waals surface area (Å²) in [5, 5.41) is 7.52. The number of benzene rings is 11. The maximum Gasteiger partial charge on any atom is 0.0547 e. The van der Waals surface area contributed by atoms with Crippen LogP contribution < -0.4 is 4.90 Å². The lowest BCUT2D eigenvalue weighted by Gasteiger charge is -2.28. The fraction of sp³-hybridized carbons (Fsp3) is 0.0462. The molecule has 0 N–H and O–H groups in total. The van der Waals surface area contributed by atoms with Gasteiger partial charge in [-0.15, -0.1) is 0 Å². The van der Waals surface area contributed by atoms with Crippen LogP contribution in [-0.4, -0.2) is 4.57 Å². The van der Waals surface area contributed by atoms with E-state index in [0.717, 1.165) is 28.3 Å². The van der Waals surface area contributed by atoms with E-state index in [1.807, 2.05) is 0 Å².